The zero-order valence-electron chi connectivity index (χ0n) is 27.6. The molecule has 0 spiro atoms. The Balaban J connectivity index is 3.08. The summed E-state index contributed by atoms with van der Waals surface area (Å²) in [7, 11) is 0. The van der Waals surface area contributed by atoms with Crippen LogP contribution in [0.25, 0.3) is 0 Å². The normalized spacial score (nSPS) is 14.7. The summed E-state index contributed by atoms with van der Waals surface area (Å²) >= 11 is 0. The van der Waals surface area contributed by atoms with Crippen molar-refractivity contribution in [1.29, 1.82) is 0 Å². The summed E-state index contributed by atoms with van der Waals surface area (Å²) in [5.41, 5.74) is 6.89. The van der Waals surface area contributed by atoms with E-state index in [1.54, 1.807) is 19.9 Å². The highest BCUT2D eigenvalue weighted by molar-refractivity contribution is 5.95. The van der Waals surface area contributed by atoms with Crippen molar-refractivity contribution < 1.29 is 39.0 Å². The van der Waals surface area contributed by atoms with Crippen molar-refractivity contribution in [2.45, 2.75) is 105 Å². The third-order valence-electron chi connectivity index (χ3n) is 7.44. The largest absolute Gasteiger partial charge is 0.481 e. The van der Waals surface area contributed by atoms with E-state index in [-0.39, 0.29) is 37.0 Å². The van der Waals surface area contributed by atoms with Crippen LogP contribution in [0.5, 0.6) is 0 Å². The molecule has 45 heavy (non-hydrogen) atoms. The maximum absolute atomic E-state index is 13.2. The maximum atomic E-state index is 13.2. The van der Waals surface area contributed by atoms with Gasteiger partial charge < -0.3 is 31.9 Å². The predicted octanol–water partition coefficient (Wildman–Crippen LogP) is 2.10. The Morgan fingerprint density at radius 3 is 1.80 bits per heavy atom. The van der Waals surface area contributed by atoms with Gasteiger partial charge in [0.2, 0.25) is 23.6 Å². The van der Waals surface area contributed by atoms with Gasteiger partial charge in [0, 0.05) is 24.3 Å². The average molecular weight is 633 g/mol. The highest BCUT2D eigenvalue weighted by Crippen LogP contribution is 2.21. The summed E-state index contributed by atoms with van der Waals surface area (Å²) < 4.78 is 0. The van der Waals surface area contributed by atoms with Gasteiger partial charge in [0.1, 0.15) is 6.04 Å². The van der Waals surface area contributed by atoms with Gasteiger partial charge in [0.15, 0.2) is 5.78 Å². The number of amides is 4. The summed E-state index contributed by atoms with van der Waals surface area (Å²) in [5.74, 6) is -5.45. The van der Waals surface area contributed by atoms with Crippen LogP contribution in [0, 0.1) is 29.6 Å². The molecule has 0 aromatic heterocycles. The molecule has 0 heterocycles. The first-order valence-electron chi connectivity index (χ1n) is 15.6. The number of hydrogen-bond donors (Lipinski definition) is 6. The van der Waals surface area contributed by atoms with E-state index in [1.165, 1.54) is 6.92 Å². The molecule has 0 aliphatic carbocycles. The fourth-order valence-corrected chi connectivity index (χ4v) is 5.18. The Hall–Kier alpha value is -3.80. The standard InChI is InChI=1S/C33H52N4O8/c1-18(2)12-24(33(45)37-29(21(7)38)31(34)43)14-22-10-8-9-11-23(22)17-35-27(39)16-26(30(42)20(5)6)36-32(44)25(13-19(3)4)15-28(40)41/h8-11,18-21,24-26,29,38H,12-17H2,1-7H3,(H2,34,43)(H,35,39)(H,36,44)(H,37,45)(H,40,41)/t21-,24+,25+,26+,29+/m1/s1. The number of carboxylic acids is 1. The minimum absolute atomic E-state index is 0.0525. The van der Waals surface area contributed by atoms with Gasteiger partial charge in [-0.15, -0.1) is 0 Å². The van der Waals surface area contributed by atoms with Crippen molar-refractivity contribution in [3.8, 4) is 0 Å². The monoisotopic (exact) mass is 632 g/mol. The lowest BCUT2D eigenvalue weighted by molar-refractivity contribution is -0.142. The number of aliphatic hydroxyl groups is 1. The smallest absolute Gasteiger partial charge is 0.304 e. The molecule has 252 valence electrons. The average Bonchev–Trinajstić information content (AvgIpc) is 2.92. The Morgan fingerprint density at radius 1 is 0.778 bits per heavy atom. The van der Waals surface area contributed by atoms with Gasteiger partial charge in [-0.25, -0.2) is 0 Å². The van der Waals surface area contributed by atoms with Gasteiger partial charge in [0.25, 0.3) is 0 Å². The Morgan fingerprint density at radius 2 is 1.31 bits per heavy atom. The number of nitrogens with two attached hydrogens (primary N) is 1. The maximum Gasteiger partial charge on any atom is 0.304 e. The molecule has 0 bridgehead atoms. The van der Waals surface area contributed by atoms with Crippen LogP contribution in [0.15, 0.2) is 24.3 Å². The second-order valence-electron chi connectivity index (χ2n) is 13.0. The summed E-state index contributed by atoms with van der Waals surface area (Å²) in [6.07, 6.45) is -0.750. The van der Waals surface area contributed by atoms with Crippen LogP contribution in [0.3, 0.4) is 0 Å². The lowest BCUT2D eigenvalue weighted by atomic mass is 9.88. The minimum Gasteiger partial charge on any atom is -0.481 e. The number of nitrogens with one attached hydrogen (secondary N) is 3. The van der Waals surface area contributed by atoms with Gasteiger partial charge in [-0.05, 0) is 49.1 Å². The molecule has 0 aliphatic heterocycles. The van der Waals surface area contributed by atoms with Crippen LogP contribution < -0.4 is 21.7 Å². The Labute approximate surface area is 266 Å². The summed E-state index contributed by atoms with van der Waals surface area (Å²) in [6, 6.07) is 4.90. The molecular formula is C33H52N4O8. The molecule has 0 saturated carbocycles. The summed E-state index contributed by atoms with van der Waals surface area (Å²) in [4.78, 5) is 75.3. The topological polar surface area (TPSA) is 205 Å². The van der Waals surface area contributed by atoms with Crippen molar-refractivity contribution in [3.63, 3.8) is 0 Å². The SMILES string of the molecule is CC(C)C[C@@H](CC(=O)O)C(=O)N[C@@H](CC(=O)NCc1ccccc1C[C@H](CC(C)C)C(=O)N[C@H](C(N)=O)[C@@H](C)O)C(=O)C(C)C. The molecule has 0 radical (unpaired) electrons. The van der Waals surface area contributed by atoms with Gasteiger partial charge in [-0.2, -0.15) is 0 Å². The van der Waals surface area contributed by atoms with Crippen molar-refractivity contribution in [2.24, 2.45) is 35.3 Å². The summed E-state index contributed by atoms with van der Waals surface area (Å²) in [6.45, 7) is 12.5. The number of aliphatic hydroxyl groups excluding tert-OH is 1. The van der Waals surface area contributed by atoms with Gasteiger partial charge in [-0.3, -0.25) is 28.8 Å². The van der Waals surface area contributed by atoms with E-state index in [1.807, 2.05) is 45.9 Å². The number of aliphatic carboxylic acids is 1. The number of rotatable bonds is 20. The van der Waals surface area contributed by atoms with E-state index in [0.29, 0.717) is 19.3 Å². The highest BCUT2D eigenvalue weighted by atomic mass is 16.4. The van der Waals surface area contributed by atoms with Gasteiger partial charge in [0.05, 0.1) is 25.0 Å². The van der Waals surface area contributed by atoms with Crippen LogP contribution in [0.1, 0.15) is 85.3 Å². The number of Topliss-reactive ketones (excluding diaryl/α,β-unsaturated/α-hetero) is 1. The molecule has 5 atom stereocenters. The molecule has 0 saturated heterocycles. The number of ketones is 1. The summed E-state index contributed by atoms with van der Waals surface area (Å²) in [5, 5.41) is 27.2. The zero-order chi connectivity index (χ0) is 34.4. The van der Waals surface area contributed by atoms with Crippen LogP contribution in [0.4, 0.5) is 0 Å². The van der Waals surface area contributed by atoms with E-state index in [4.69, 9.17) is 5.73 Å². The van der Waals surface area contributed by atoms with Gasteiger partial charge in [-0.1, -0.05) is 65.8 Å². The first-order chi connectivity index (χ1) is 20.9. The molecule has 4 amide bonds. The zero-order valence-corrected chi connectivity index (χ0v) is 27.6. The third-order valence-corrected chi connectivity index (χ3v) is 7.44. The Bertz CT molecular complexity index is 1180. The molecule has 7 N–H and O–H groups in total. The van der Waals surface area contributed by atoms with Crippen LogP contribution in [-0.2, 0) is 41.7 Å². The Kier molecular flexibility index (Phi) is 16.5. The van der Waals surface area contributed by atoms with E-state index < -0.39 is 65.5 Å². The molecule has 0 aliphatic rings. The number of carbonyl (C=O) groups is 6. The van der Waals surface area contributed by atoms with E-state index in [0.717, 1.165) is 11.1 Å². The van der Waals surface area contributed by atoms with Crippen molar-refractivity contribution in [2.75, 3.05) is 0 Å². The van der Waals surface area contributed by atoms with Gasteiger partial charge >= 0.3 is 5.97 Å². The fourth-order valence-electron chi connectivity index (χ4n) is 5.18. The van der Waals surface area contributed by atoms with Crippen LogP contribution in [-0.4, -0.2) is 63.8 Å². The molecule has 12 heteroatoms. The van der Waals surface area contributed by atoms with E-state index in [2.05, 4.69) is 16.0 Å². The van der Waals surface area contributed by atoms with E-state index in [9.17, 15) is 39.0 Å². The lowest BCUT2D eigenvalue weighted by Crippen LogP contribution is -2.52. The molecule has 12 nitrogen and oxygen atoms in total. The first kappa shape index (κ1) is 39.2. The highest BCUT2D eigenvalue weighted by Gasteiger charge is 2.31. The predicted molar refractivity (Wildman–Crippen MR) is 169 cm³/mol. The molecule has 1 aromatic carbocycles. The van der Waals surface area contributed by atoms with E-state index >= 15 is 0 Å². The quantitative estimate of drug-likeness (QED) is 0.125. The number of benzene rings is 1. The third kappa shape index (κ3) is 14.2. The number of carboxylic acid groups (broad SMARTS) is 1. The second-order valence-corrected chi connectivity index (χ2v) is 13.0. The molecule has 0 unspecified atom stereocenters. The molecule has 0 fully saturated rings. The second kappa shape index (κ2) is 18.9. The number of carbonyl (C=O) groups excluding carboxylic acids is 5. The minimum atomic E-state index is -1.23. The van der Waals surface area contributed by atoms with Crippen molar-refractivity contribution in [3.05, 3.63) is 35.4 Å². The number of hydrogen-bond acceptors (Lipinski definition) is 7. The van der Waals surface area contributed by atoms with Crippen LogP contribution in [0.2, 0.25) is 0 Å². The molecular weight excluding hydrogens is 580 g/mol. The molecule has 1 rings (SSSR count). The van der Waals surface area contributed by atoms with Crippen molar-refractivity contribution >= 4 is 35.4 Å². The van der Waals surface area contributed by atoms with Crippen molar-refractivity contribution in [1.82, 2.24) is 16.0 Å². The fraction of sp³-hybridized carbons (Fsp3) is 0.636. The van der Waals surface area contributed by atoms with Crippen LogP contribution >= 0.6 is 0 Å². The first-order valence-corrected chi connectivity index (χ1v) is 15.6. The molecule has 1 aromatic rings. The number of primary amides is 1. The lowest BCUT2D eigenvalue weighted by Gasteiger charge is -2.24.